The number of aliphatic hydroxyl groups excluding tert-OH is 1. The van der Waals surface area contributed by atoms with E-state index in [9.17, 15) is 23.1 Å². The van der Waals surface area contributed by atoms with Gasteiger partial charge in [-0.2, -0.15) is 13.2 Å². The lowest BCUT2D eigenvalue weighted by atomic mass is 9.97. The Morgan fingerprint density at radius 2 is 1.90 bits per heavy atom. The van der Waals surface area contributed by atoms with Crippen LogP contribution in [0.2, 0.25) is 0 Å². The summed E-state index contributed by atoms with van der Waals surface area (Å²) in [5.74, 6) is -1.44. The first kappa shape index (κ1) is 15.6. The van der Waals surface area contributed by atoms with Gasteiger partial charge in [0, 0.05) is 5.69 Å². The third kappa shape index (κ3) is 3.29. The van der Waals surface area contributed by atoms with Gasteiger partial charge in [-0.25, -0.2) is 4.79 Å². The number of carbonyl (C=O) groups is 1. The van der Waals surface area contributed by atoms with Crippen molar-refractivity contribution in [3.63, 3.8) is 0 Å². The van der Waals surface area contributed by atoms with Crippen LogP contribution >= 0.6 is 0 Å². The summed E-state index contributed by atoms with van der Waals surface area (Å²) < 4.78 is 38.0. The molecule has 2 rings (SSSR count). The molecule has 0 spiro atoms. The van der Waals surface area contributed by atoms with Crippen LogP contribution in [-0.4, -0.2) is 28.3 Å². The van der Waals surface area contributed by atoms with Gasteiger partial charge in [-0.1, -0.05) is 12.8 Å². The Balaban J connectivity index is 2.37. The van der Waals surface area contributed by atoms with Crippen LogP contribution in [-0.2, 0) is 6.18 Å². The molecule has 0 aliphatic heterocycles. The topological polar surface area (TPSA) is 69.6 Å². The number of benzene rings is 1. The number of carboxylic acids is 1. The van der Waals surface area contributed by atoms with Crippen LogP contribution in [0, 0.1) is 0 Å². The highest BCUT2D eigenvalue weighted by molar-refractivity contribution is 5.94. The molecule has 1 saturated carbocycles. The minimum absolute atomic E-state index is 0.103. The van der Waals surface area contributed by atoms with Crippen molar-refractivity contribution in [3.05, 3.63) is 29.3 Å². The quantitative estimate of drug-likeness (QED) is 0.799. The van der Waals surface area contributed by atoms with Crippen molar-refractivity contribution in [2.75, 3.05) is 11.9 Å². The lowest BCUT2D eigenvalue weighted by Gasteiger charge is -2.30. The van der Waals surface area contributed by atoms with Crippen molar-refractivity contribution in [3.8, 4) is 0 Å². The summed E-state index contributed by atoms with van der Waals surface area (Å²) in [6, 6.07) is 2.57. The minimum atomic E-state index is -4.59. The molecular formula is C14H16F3NO3. The fourth-order valence-corrected chi connectivity index (χ4v) is 2.67. The van der Waals surface area contributed by atoms with E-state index in [1.54, 1.807) is 0 Å². The van der Waals surface area contributed by atoms with Gasteiger partial charge in [0.2, 0.25) is 0 Å². The number of carboxylic acid groups (broad SMARTS) is 1. The second kappa shape index (κ2) is 5.55. The molecule has 1 aliphatic rings. The van der Waals surface area contributed by atoms with Crippen LogP contribution in [0.5, 0.6) is 0 Å². The molecular weight excluding hydrogens is 287 g/mol. The molecule has 0 radical (unpaired) electrons. The first-order valence-corrected chi connectivity index (χ1v) is 6.61. The molecule has 0 saturated heterocycles. The standard InChI is InChI=1S/C14H16F3NO3/c15-14(16,17)9-3-4-11(10(7-9)12(20)21)18-13(8-19)5-1-2-6-13/h3-4,7,18-19H,1-2,5-6,8H2,(H,20,21). The Hall–Kier alpha value is -1.76. The van der Waals surface area contributed by atoms with Gasteiger partial charge in [-0.05, 0) is 31.0 Å². The van der Waals surface area contributed by atoms with Gasteiger partial charge < -0.3 is 15.5 Å². The Morgan fingerprint density at radius 1 is 1.29 bits per heavy atom. The number of aromatic carboxylic acids is 1. The Labute approximate surface area is 119 Å². The molecule has 0 amide bonds. The lowest BCUT2D eigenvalue weighted by molar-refractivity contribution is -0.137. The zero-order valence-corrected chi connectivity index (χ0v) is 11.2. The average Bonchev–Trinajstić information content (AvgIpc) is 2.87. The smallest absolute Gasteiger partial charge is 0.416 e. The number of anilines is 1. The van der Waals surface area contributed by atoms with E-state index >= 15 is 0 Å². The van der Waals surface area contributed by atoms with Gasteiger partial charge in [0.15, 0.2) is 0 Å². The summed E-state index contributed by atoms with van der Waals surface area (Å²) >= 11 is 0. The molecule has 0 atom stereocenters. The minimum Gasteiger partial charge on any atom is -0.478 e. The molecule has 1 aliphatic carbocycles. The fraction of sp³-hybridized carbons (Fsp3) is 0.500. The van der Waals surface area contributed by atoms with Crippen LogP contribution in [0.15, 0.2) is 18.2 Å². The van der Waals surface area contributed by atoms with E-state index in [1.165, 1.54) is 0 Å². The van der Waals surface area contributed by atoms with Crippen molar-refractivity contribution < 1.29 is 28.2 Å². The molecule has 0 unspecified atom stereocenters. The van der Waals surface area contributed by atoms with Gasteiger partial charge in [0.05, 0.1) is 23.3 Å². The van der Waals surface area contributed by atoms with Crippen LogP contribution in [0.3, 0.4) is 0 Å². The van der Waals surface area contributed by atoms with Gasteiger partial charge in [-0.3, -0.25) is 0 Å². The molecule has 1 aromatic carbocycles. The summed E-state index contributed by atoms with van der Waals surface area (Å²) in [5.41, 5.74) is -1.99. The van der Waals surface area contributed by atoms with Gasteiger partial charge in [0.25, 0.3) is 0 Å². The van der Waals surface area contributed by atoms with Crippen molar-refractivity contribution in [1.82, 2.24) is 0 Å². The highest BCUT2D eigenvalue weighted by atomic mass is 19.4. The maximum Gasteiger partial charge on any atom is 0.416 e. The van der Waals surface area contributed by atoms with Gasteiger partial charge >= 0.3 is 12.1 Å². The lowest BCUT2D eigenvalue weighted by Crippen LogP contribution is -2.39. The van der Waals surface area contributed by atoms with Crippen LogP contribution in [0.25, 0.3) is 0 Å². The molecule has 1 fully saturated rings. The number of aliphatic hydroxyl groups is 1. The third-order valence-corrected chi connectivity index (χ3v) is 3.84. The van der Waals surface area contributed by atoms with E-state index in [0.29, 0.717) is 18.9 Å². The SMILES string of the molecule is O=C(O)c1cc(C(F)(F)F)ccc1NC1(CO)CCCC1. The number of halogens is 3. The summed E-state index contributed by atoms with van der Waals surface area (Å²) in [7, 11) is 0. The Morgan fingerprint density at radius 3 is 2.38 bits per heavy atom. The molecule has 7 heteroatoms. The molecule has 3 N–H and O–H groups in total. The Bertz CT molecular complexity index is 537. The monoisotopic (exact) mass is 303 g/mol. The molecule has 116 valence electrons. The molecule has 0 heterocycles. The summed E-state index contributed by atoms with van der Waals surface area (Å²) in [5, 5.41) is 21.6. The second-order valence-electron chi connectivity index (χ2n) is 5.33. The van der Waals surface area contributed by atoms with E-state index in [2.05, 4.69) is 5.32 Å². The Kier molecular flexibility index (Phi) is 4.13. The number of hydrogen-bond donors (Lipinski definition) is 3. The zero-order valence-electron chi connectivity index (χ0n) is 11.2. The summed E-state index contributed by atoms with van der Waals surface area (Å²) in [4.78, 5) is 11.2. The predicted octanol–water partition coefficient (Wildman–Crippen LogP) is 3.12. The van der Waals surface area contributed by atoms with E-state index in [1.807, 2.05) is 0 Å². The van der Waals surface area contributed by atoms with E-state index in [4.69, 9.17) is 5.11 Å². The first-order valence-electron chi connectivity index (χ1n) is 6.61. The maximum absolute atomic E-state index is 12.7. The number of hydrogen-bond acceptors (Lipinski definition) is 3. The number of rotatable bonds is 4. The number of nitrogens with one attached hydrogen (secondary N) is 1. The zero-order chi connectivity index (χ0) is 15.7. The second-order valence-corrected chi connectivity index (χ2v) is 5.33. The van der Waals surface area contributed by atoms with E-state index < -0.39 is 28.8 Å². The summed E-state index contributed by atoms with van der Waals surface area (Å²) in [6.45, 7) is -0.187. The van der Waals surface area contributed by atoms with Gasteiger partial charge in [-0.15, -0.1) is 0 Å². The molecule has 1 aromatic rings. The normalized spacial score (nSPS) is 17.7. The molecule has 0 bridgehead atoms. The van der Waals surface area contributed by atoms with Crippen LogP contribution in [0.4, 0.5) is 18.9 Å². The first-order chi connectivity index (χ1) is 9.77. The third-order valence-electron chi connectivity index (χ3n) is 3.84. The van der Waals surface area contributed by atoms with Crippen molar-refractivity contribution >= 4 is 11.7 Å². The number of alkyl halides is 3. The van der Waals surface area contributed by atoms with Crippen molar-refractivity contribution in [2.24, 2.45) is 0 Å². The average molecular weight is 303 g/mol. The predicted molar refractivity (Wildman–Crippen MR) is 70.3 cm³/mol. The van der Waals surface area contributed by atoms with Crippen molar-refractivity contribution in [2.45, 2.75) is 37.4 Å². The molecule has 4 nitrogen and oxygen atoms in total. The van der Waals surface area contributed by atoms with Gasteiger partial charge in [0.1, 0.15) is 0 Å². The van der Waals surface area contributed by atoms with Crippen molar-refractivity contribution in [1.29, 1.82) is 0 Å². The highest BCUT2D eigenvalue weighted by Crippen LogP contribution is 2.36. The summed E-state index contributed by atoms with van der Waals surface area (Å²) in [6.07, 6.45) is -1.51. The van der Waals surface area contributed by atoms with E-state index in [0.717, 1.165) is 25.0 Å². The fourth-order valence-electron chi connectivity index (χ4n) is 2.67. The highest BCUT2D eigenvalue weighted by Gasteiger charge is 2.35. The maximum atomic E-state index is 12.7. The largest absolute Gasteiger partial charge is 0.478 e. The van der Waals surface area contributed by atoms with Crippen LogP contribution in [0.1, 0.15) is 41.6 Å². The van der Waals surface area contributed by atoms with E-state index in [-0.39, 0.29) is 12.3 Å². The molecule has 21 heavy (non-hydrogen) atoms. The molecule has 0 aromatic heterocycles. The van der Waals surface area contributed by atoms with Crippen LogP contribution < -0.4 is 5.32 Å².